The first-order chi connectivity index (χ1) is 7.53. The summed E-state index contributed by atoms with van der Waals surface area (Å²) in [6.45, 7) is 7.74. The average molecular weight is 226 g/mol. The number of likely N-dealkylation sites (N-methyl/N-ethyl adjacent to an activating group) is 1. The predicted molar refractivity (Wildman–Crippen MR) is 71.6 cm³/mol. The minimum atomic E-state index is 0.279. The van der Waals surface area contributed by atoms with E-state index in [1.54, 1.807) is 0 Å². The van der Waals surface area contributed by atoms with Crippen molar-refractivity contribution in [3.05, 3.63) is 0 Å². The number of hydrogen-bond acceptors (Lipinski definition) is 2. The van der Waals surface area contributed by atoms with Crippen LogP contribution in [0.4, 0.5) is 0 Å². The Morgan fingerprint density at radius 3 is 2.25 bits per heavy atom. The SMILES string of the molecule is CCC(C)(C)N(C)C(CN)C1CCCCC1. The van der Waals surface area contributed by atoms with E-state index < -0.39 is 0 Å². The average Bonchev–Trinajstić information content (AvgIpc) is 2.31. The number of nitrogens with two attached hydrogens (primary N) is 1. The minimum Gasteiger partial charge on any atom is -0.329 e. The van der Waals surface area contributed by atoms with E-state index in [0.717, 1.165) is 12.5 Å². The summed E-state index contributed by atoms with van der Waals surface area (Å²) in [5, 5.41) is 0. The van der Waals surface area contributed by atoms with E-state index in [9.17, 15) is 0 Å². The molecule has 1 unspecified atom stereocenters. The lowest BCUT2D eigenvalue weighted by atomic mass is 9.81. The number of nitrogens with zero attached hydrogens (tertiary/aromatic N) is 1. The Morgan fingerprint density at radius 2 is 1.81 bits per heavy atom. The Bertz CT molecular complexity index is 195. The van der Waals surface area contributed by atoms with Gasteiger partial charge in [0.1, 0.15) is 0 Å². The second kappa shape index (κ2) is 6.02. The predicted octanol–water partition coefficient (Wildman–Crippen LogP) is 3.01. The highest BCUT2D eigenvalue weighted by Crippen LogP contribution is 2.31. The largest absolute Gasteiger partial charge is 0.329 e. The second-order valence-corrected chi connectivity index (χ2v) is 5.98. The van der Waals surface area contributed by atoms with E-state index in [4.69, 9.17) is 5.73 Å². The van der Waals surface area contributed by atoms with Crippen molar-refractivity contribution < 1.29 is 0 Å². The van der Waals surface area contributed by atoms with Gasteiger partial charge in [0.15, 0.2) is 0 Å². The first kappa shape index (κ1) is 14.0. The maximum atomic E-state index is 6.01. The molecule has 2 heteroatoms. The molecule has 2 N–H and O–H groups in total. The normalized spacial score (nSPS) is 21.4. The maximum absolute atomic E-state index is 6.01. The van der Waals surface area contributed by atoms with Crippen molar-refractivity contribution in [1.82, 2.24) is 4.90 Å². The molecule has 0 bridgehead atoms. The van der Waals surface area contributed by atoms with Crippen molar-refractivity contribution in [3.8, 4) is 0 Å². The highest BCUT2D eigenvalue weighted by molar-refractivity contribution is 4.88. The molecule has 0 aromatic rings. The van der Waals surface area contributed by atoms with Crippen molar-refractivity contribution in [3.63, 3.8) is 0 Å². The van der Waals surface area contributed by atoms with Crippen LogP contribution in [0.2, 0.25) is 0 Å². The summed E-state index contributed by atoms with van der Waals surface area (Å²) >= 11 is 0. The summed E-state index contributed by atoms with van der Waals surface area (Å²) in [5.41, 5.74) is 6.29. The van der Waals surface area contributed by atoms with Crippen LogP contribution in [0.15, 0.2) is 0 Å². The van der Waals surface area contributed by atoms with Gasteiger partial charge in [0.25, 0.3) is 0 Å². The van der Waals surface area contributed by atoms with E-state index in [0.29, 0.717) is 6.04 Å². The lowest BCUT2D eigenvalue weighted by Crippen LogP contribution is -2.53. The molecule has 0 saturated heterocycles. The van der Waals surface area contributed by atoms with Crippen molar-refractivity contribution in [2.24, 2.45) is 11.7 Å². The highest BCUT2D eigenvalue weighted by atomic mass is 15.2. The van der Waals surface area contributed by atoms with Gasteiger partial charge in [-0.25, -0.2) is 0 Å². The van der Waals surface area contributed by atoms with Gasteiger partial charge in [0, 0.05) is 18.1 Å². The molecule has 96 valence electrons. The van der Waals surface area contributed by atoms with Crippen LogP contribution in [0.3, 0.4) is 0 Å². The Hall–Kier alpha value is -0.0800. The molecule has 1 fully saturated rings. The highest BCUT2D eigenvalue weighted by Gasteiger charge is 2.32. The van der Waals surface area contributed by atoms with Crippen molar-refractivity contribution in [2.75, 3.05) is 13.6 Å². The lowest BCUT2D eigenvalue weighted by Gasteiger charge is -2.44. The second-order valence-electron chi connectivity index (χ2n) is 5.98. The third-order valence-corrected chi connectivity index (χ3v) is 4.75. The smallest absolute Gasteiger partial charge is 0.0248 e. The van der Waals surface area contributed by atoms with Crippen LogP contribution < -0.4 is 5.73 Å². The third kappa shape index (κ3) is 3.21. The van der Waals surface area contributed by atoms with Gasteiger partial charge in [-0.15, -0.1) is 0 Å². The Labute approximate surface area is 102 Å². The van der Waals surface area contributed by atoms with Gasteiger partial charge in [0.05, 0.1) is 0 Å². The summed E-state index contributed by atoms with van der Waals surface area (Å²) in [6.07, 6.45) is 8.18. The molecule has 0 spiro atoms. The molecule has 0 aromatic heterocycles. The zero-order valence-corrected chi connectivity index (χ0v) is 11.6. The van der Waals surface area contributed by atoms with Crippen LogP contribution in [0.1, 0.15) is 59.3 Å². The van der Waals surface area contributed by atoms with E-state index in [-0.39, 0.29) is 5.54 Å². The van der Waals surface area contributed by atoms with Gasteiger partial charge >= 0.3 is 0 Å². The van der Waals surface area contributed by atoms with Crippen molar-refractivity contribution in [1.29, 1.82) is 0 Å². The van der Waals surface area contributed by atoms with Crippen LogP contribution in [-0.4, -0.2) is 30.1 Å². The lowest BCUT2D eigenvalue weighted by molar-refractivity contribution is 0.0548. The van der Waals surface area contributed by atoms with Crippen LogP contribution in [0.25, 0.3) is 0 Å². The van der Waals surface area contributed by atoms with Crippen LogP contribution in [0.5, 0.6) is 0 Å². The van der Waals surface area contributed by atoms with Gasteiger partial charge in [-0.2, -0.15) is 0 Å². The molecule has 0 heterocycles. The van der Waals surface area contributed by atoms with Gasteiger partial charge in [-0.3, -0.25) is 4.90 Å². The first-order valence-electron chi connectivity index (χ1n) is 6.96. The standard InChI is InChI=1S/C14H30N2/c1-5-14(2,3)16(4)13(11-15)12-9-7-6-8-10-12/h12-13H,5-11,15H2,1-4H3. The van der Waals surface area contributed by atoms with Crippen molar-refractivity contribution in [2.45, 2.75) is 70.9 Å². The summed E-state index contributed by atoms with van der Waals surface area (Å²) in [7, 11) is 2.26. The van der Waals surface area contributed by atoms with Gasteiger partial charge in [0.2, 0.25) is 0 Å². The molecular formula is C14H30N2. The van der Waals surface area contributed by atoms with Gasteiger partial charge in [-0.05, 0) is 46.1 Å². The van der Waals surface area contributed by atoms with E-state index >= 15 is 0 Å². The molecule has 0 radical (unpaired) electrons. The first-order valence-corrected chi connectivity index (χ1v) is 6.96. The van der Waals surface area contributed by atoms with E-state index in [1.807, 2.05) is 0 Å². The molecule has 0 aromatic carbocycles. The zero-order chi connectivity index (χ0) is 12.2. The minimum absolute atomic E-state index is 0.279. The Balaban J connectivity index is 2.64. The fourth-order valence-electron chi connectivity index (χ4n) is 2.88. The van der Waals surface area contributed by atoms with Gasteiger partial charge < -0.3 is 5.73 Å². The molecule has 1 saturated carbocycles. The fraction of sp³-hybridized carbons (Fsp3) is 1.00. The summed E-state index contributed by atoms with van der Waals surface area (Å²) in [4.78, 5) is 2.53. The molecule has 0 amide bonds. The maximum Gasteiger partial charge on any atom is 0.0248 e. The van der Waals surface area contributed by atoms with Crippen LogP contribution in [-0.2, 0) is 0 Å². The molecule has 0 aliphatic heterocycles. The molecular weight excluding hydrogens is 196 g/mol. The van der Waals surface area contributed by atoms with Crippen LogP contribution in [0, 0.1) is 5.92 Å². The topological polar surface area (TPSA) is 29.3 Å². The summed E-state index contributed by atoms with van der Waals surface area (Å²) in [5.74, 6) is 0.828. The monoisotopic (exact) mass is 226 g/mol. The summed E-state index contributed by atoms with van der Waals surface area (Å²) in [6, 6.07) is 0.579. The van der Waals surface area contributed by atoms with Gasteiger partial charge in [-0.1, -0.05) is 26.2 Å². The molecule has 2 nitrogen and oxygen atoms in total. The Kier molecular flexibility index (Phi) is 5.26. The number of hydrogen-bond donors (Lipinski definition) is 1. The van der Waals surface area contributed by atoms with Crippen molar-refractivity contribution >= 4 is 0 Å². The van der Waals surface area contributed by atoms with E-state index in [1.165, 1.54) is 38.5 Å². The molecule has 1 atom stereocenters. The number of rotatable bonds is 5. The molecule has 1 aliphatic rings. The molecule has 16 heavy (non-hydrogen) atoms. The quantitative estimate of drug-likeness (QED) is 0.781. The van der Waals surface area contributed by atoms with E-state index in [2.05, 4.69) is 32.7 Å². The Morgan fingerprint density at radius 1 is 1.25 bits per heavy atom. The summed E-state index contributed by atoms with van der Waals surface area (Å²) < 4.78 is 0. The van der Waals surface area contributed by atoms with Crippen LogP contribution >= 0.6 is 0 Å². The third-order valence-electron chi connectivity index (χ3n) is 4.75. The molecule has 1 rings (SSSR count). The fourth-order valence-corrected chi connectivity index (χ4v) is 2.88. The zero-order valence-electron chi connectivity index (χ0n) is 11.6. The molecule has 1 aliphatic carbocycles.